The summed E-state index contributed by atoms with van der Waals surface area (Å²) >= 11 is 0. The summed E-state index contributed by atoms with van der Waals surface area (Å²) in [6.07, 6.45) is 4.02. The first-order chi connectivity index (χ1) is 15.7. The quantitative estimate of drug-likeness (QED) is 0.395. The maximum atomic E-state index is 12.0. The van der Waals surface area contributed by atoms with Gasteiger partial charge in [-0.05, 0) is 49.2 Å². The highest BCUT2D eigenvalue weighted by Gasteiger charge is 2.07. The van der Waals surface area contributed by atoms with Gasteiger partial charge in [0.05, 0.1) is 12.3 Å². The molecule has 0 unspecified atom stereocenters. The molecule has 164 valence electrons. The fourth-order valence-corrected chi connectivity index (χ4v) is 3.15. The molecule has 1 N–H and O–H groups in total. The molecule has 0 aliphatic carbocycles. The molecule has 0 aromatic heterocycles. The predicted molar refractivity (Wildman–Crippen MR) is 130 cm³/mol. The number of amides is 1. The molecule has 0 spiro atoms. The van der Waals surface area contributed by atoms with E-state index in [0.717, 1.165) is 34.6 Å². The number of hydrogen-bond donors (Lipinski definition) is 1. The molecule has 0 fully saturated rings. The molecule has 32 heavy (non-hydrogen) atoms. The molecule has 0 heterocycles. The van der Waals surface area contributed by atoms with Crippen LogP contribution in [0, 0.1) is 0 Å². The molecule has 0 saturated heterocycles. The zero-order valence-corrected chi connectivity index (χ0v) is 18.5. The van der Waals surface area contributed by atoms with Gasteiger partial charge in [-0.15, -0.1) is 0 Å². The summed E-state index contributed by atoms with van der Waals surface area (Å²) in [6, 6.07) is 25.2. The van der Waals surface area contributed by atoms with Crippen LogP contribution in [0.25, 0.3) is 5.70 Å². The lowest BCUT2D eigenvalue weighted by atomic mass is 10.1. The van der Waals surface area contributed by atoms with Crippen LogP contribution in [-0.2, 0) is 17.8 Å². The number of rotatable bonds is 9. The molecule has 0 atom stereocenters. The van der Waals surface area contributed by atoms with E-state index in [9.17, 15) is 4.79 Å². The molecule has 0 bridgehead atoms. The minimum absolute atomic E-state index is 0.238. The third-order valence-corrected chi connectivity index (χ3v) is 4.77. The number of carbonyl (C=O) groups is 1. The minimum atomic E-state index is -0.476. The number of nitrogens with zero attached hydrogens (tertiary/aromatic N) is 1. The van der Waals surface area contributed by atoms with Gasteiger partial charge in [0.25, 0.3) is 0 Å². The Morgan fingerprint density at radius 3 is 2.34 bits per heavy atom. The second-order valence-electron chi connectivity index (χ2n) is 7.04. The second kappa shape index (κ2) is 12.1. The van der Waals surface area contributed by atoms with Gasteiger partial charge in [0.2, 0.25) is 0 Å². The smallest absolute Gasteiger partial charge is 0.411 e. The molecule has 5 heteroatoms. The normalized spacial score (nSPS) is 11.4. The standard InChI is InChI=1S/C27H28N2O3/c1-3-25(28-4-2)24-12-8-9-13-26(24)31-19-18-21-14-16-23(17-15-21)29-27(30)32-20-22-10-6-5-7-11-22/h3-17H,18-20H2,1-2H3,(H,29,30). The van der Waals surface area contributed by atoms with E-state index in [0.29, 0.717) is 12.3 Å². The van der Waals surface area contributed by atoms with Crippen LogP contribution in [0.1, 0.15) is 30.5 Å². The first-order valence-corrected chi connectivity index (χ1v) is 10.6. The number of benzene rings is 3. The van der Waals surface area contributed by atoms with Gasteiger partial charge in [-0.25, -0.2) is 4.79 Å². The molecule has 1 amide bonds. The molecule has 0 radical (unpaired) electrons. The Balaban J connectivity index is 1.49. The average molecular weight is 429 g/mol. The number of hydrogen-bond acceptors (Lipinski definition) is 4. The molecule has 3 aromatic carbocycles. The van der Waals surface area contributed by atoms with Gasteiger partial charge in [-0.2, -0.15) is 0 Å². The highest BCUT2D eigenvalue weighted by molar-refractivity contribution is 5.84. The summed E-state index contributed by atoms with van der Waals surface area (Å²) in [5, 5.41) is 2.75. The summed E-state index contributed by atoms with van der Waals surface area (Å²) < 4.78 is 11.3. The average Bonchev–Trinajstić information content (AvgIpc) is 2.83. The van der Waals surface area contributed by atoms with Crippen molar-refractivity contribution in [1.29, 1.82) is 0 Å². The van der Waals surface area contributed by atoms with Crippen molar-refractivity contribution in [2.45, 2.75) is 26.9 Å². The number of carbonyl (C=O) groups excluding carboxylic acids is 1. The molecule has 5 nitrogen and oxygen atoms in total. The molecule has 0 saturated carbocycles. The van der Waals surface area contributed by atoms with Crippen LogP contribution in [0.15, 0.2) is 89.9 Å². The molecule has 0 aliphatic rings. The maximum Gasteiger partial charge on any atom is 0.411 e. The number of anilines is 1. The van der Waals surface area contributed by atoms with E-state index in [1.807, 2.05) is 98.8 Å². The van der Waals surface area contributed by atoms with Crippen LogP contribution < -0.4 is 10.1 Å². The molecule has 0 aliphatic heterocycles. The van der Waals surface area contributed by atoms with Gasteiger partial charge >= 0.3 is 6.09 Å². The van der Waals surface area contributed by atoms with Crippen molar-refractivity contribution in [2.75, 3.05) is 11.9 Å². The first-order valence-electron chi connectivity index (χ1n) is 10.6. The van der Waals surface area contributed by atoms with Gasteiger partial charge < -0.3 is 9.47 Å². The third kappa shape index (κ3) is 6.84. The van der Waals surface area contributed by atoms with Crippen LogP contribution in [0.4, 0.5) is 10.5 Å². The van der Waals surface area contributed by atoms with E-state index in [-0.39, 0.29) is 6.61 Å². The molecule has 3 aromatic rings. The summed E-state index contributed by atoms with van der Waals surface area (Å²) in [6.45, 7) is 4.64. The Labute approximate surface area is 189 Å². The van der Waals surface area contributed by atoms with Crippen molar-refractivity contribution in [1.82, 2.24) is 0 Å². The Morgan fingerprint density at radius 2 is 1.62 bits per heavy atom. The fraction of sp³-hybridized carbons (Fsp3) is 0.185. The lowest BCUT2D eigenvalue weighted by Crippen LogP contribution is -2.13. The van der Waals surface area contributed by atoms with E-state index in [1.165, 1.54) is 0 Å². The van der Waals surface area contributed by atoms with Crippen molar-refractivity contribution in [3.05, 3.63) is 102 Å². The Kier molecular flexibility index (Phi) is 8.63. The maximum absolute atomic E-state index is 12.0. The number of allylic oxidation sites excluding steroid dienone is 1. The van der Waals surface area contributed by atoms with Crippen molar-refractivity contribution in [2.24, 2.45) is 4.99 Å². The number of aliphatic imine (C=N–C) groups is 1. The minimum Gasteiger partial charge on any atom is -0.493 e. The Bertz CT molecular complexity index is 1060. The Hall–Kier alpha value is -3.86. The lowest BCUT2D eigenvalue weighted by molar-refractivity contribution is 0.155. The lowest BCUT2D eigenvalue weighted by Gasteiger charge is -2.12. The van der Waals surface area contributed by atoms with Gasteiger partial charge in [-0.3, -0.25) is 10.3 Å². The summed E-state index contributed by atoms with van der Waals surface area (Å²) in [5.41, 5.74) is 4.61. The van der Waals surface area contributed by atoms with Crippen LogP contribution in [0.2, 0.25) is 0 Å². The fourth-order valence-electron chi connectivity index (χ4n) is 3.15. The Morgan fingerprint density at radius 1 is 0.906 bits per heavy atom. The van der Waals surface area contributed by atoms with E-state index in [2.05, 4.69) is 10.3 Å². The van der Waals surface area contributed by atoms with E-state index >= 15 is 0 Å². The van der Waals surface area contributed by atoms with E-state index < -0.39 is 6.09 Å². The van der Waals surface area contributed by atoms with Crippen molar-refractivity contribution in [3.8, 4) is 5.75 Å². The van der Waals surface area contributed by atoms with Crippen molar-refractivity contribution >= 4 is 23.7 Å². The van der Waals surface area contributed by atoms with Crippen molar-refractivity contribution < 1.29 is 14.3 Å². The van der Waals surface area contributed by atoms with Crippen molar-refractivity contribution in [3.63, 3.8) is 0 Å². The number of nitrogens with one attached hydrogen (secondary N) is 1. The highest BCUT2D eigenvalue weighted by atomic mass is 16.5. The monoisotopic (exact) mass is 428 g/mol. The largest absolute Gasteiger partial charge is 0.493 e. The van der Waals surface area contributed by atoms with Gasteiger partial charge in [-0.1, -0.05) is 60.7 Å². The zero-order chi connectivity index (χ0) is 22.6. The summed E-state index contributed by atoms with van der Waals surface area (Å²) in [7, 11) is 0. The summed E-state index contributed by atoms with van der Waals surface area (Å²) in [4.78, 5) is 16.4. The van der Waals surface area contributed by atoms with E-state index in [4.69, 9.17) is 9.47 Å². The van der Waals surface area contributed by atoms with Gasteiger partial charge in [0, 0.05) is 23.9 Å². The zero-order valence-electron chi connectivity index (χ0n) is 18.5. The first kappa shape index (κ1) is 22.8. The molecular weight excluding hydrogens is 400 g/mol. The van der Waals surface area contributed by atoms with Crippen LogP contribution in [0.3, 0.4) is 0 Å². The SMILES string of the molecule is CC=NC(=CC)c1ccccc1OCCc1ccc(NC(=O)OCc2ccccc2)cc1. The third-order valence-electron chi connectivity index (χ3n) is 4.77. The summed E-state index contributed by atoms with van der Waals surface area (Å²) in [5.74, 6) is 0.811. The topological polar surface area (TPSA) is 59.9 Å². The second-order valence-corrected chi connectivity index (χ2v) is 7.04. The predicted octanol–water partition coefficient (Wildman–Crippen LogP) is 6.51. The number of para-hydroxylation sites is 1. The van der Waals surface area contributed by atoms with Crippen LogP contribution in [0.5, 0.6) is 5.75 Å². The van der Waals surface area contributed by atoms with E-state index in [1.54, 1.807) is 6.21 Å². The van der Waals surface area contributed by atoms with Crippen LogP contribution >= 0.6 is 0 Å². The van der Waals surface area contributed by atoms with Crippen LogP contribution in [-0.4, -0.2) is 18.9 Å². The highest BCUT2D eigenvalue weighted by Crippen LogP contribution is 2.27. The number of ether oxygens (including phenoxy) is 2. The molecular formula is C27H28N2O3. The van der Waals surface area contributed by atoms with Gasteiger partial charge in [0.15, 0.2) is 0 Å². The van der Waals surface area contributed by atoms with Gasteiger partial charge in [0.1, 0.15) is 12.4 Å². The molecule has 3 rings (SSSR count).